The zero-order valence-corrected chi connectivity index (χ0v) is 12.8. The fourth-order valence-electron chi connectivity index (χ4n) is 2.09. The number of nitrogens with one attached hydrogen (secondary N) is 1. The molecule has 3 N–H and O–H groups in total. The van der Waals surface area contributed by atoms with E-state index < -0.39 is 0 Å². The average Bonchev–Trinajstić information content (AvgIpc) is 2.85. The Morgan fingerprint density at radius 3 is 2.86 bits per heavy atom. The highest BCUT2D eigenvalue weighted by molar-refractivity contribution is 7.99. The summed E-state index contributed by atoms with van der Waals surface area (Å²) in [4.78, 5) is 9.02. The van der Waals surface area contributed by atoms with Crippen molar-refractivity contribution in [3.8, 4) is 5.75 Å². The predicted molar refractivity (Wildman–Crippen MR) is 87.0 cm³/mol. The van der Waals surface area contributed by atoms with Gasteiger partial charge in [0.2, 0.25) is 0 Å². The third-order valence-corrected chi connectivity index (χ3v) is 4.07. The number of aryl methyl sites for hydroxylation is 1. The zero-order chi connectivity index (χ0) is 14.8. The largest absolute Gasteiger partial charge is 0.494 e. The first kappa shape index (κ1) is 13.8. The lowest BCUT2D eigenvalue weighted by atomic mass is 10.2. The van der Waals surface area contributed by atoms with E-state index >= 15 is 0 Å². The summed E-state index contributed by atoms with van der Waals surface area (Å²) < 4.78 is 5.50. The van der Waals surface area contributed by atoms with Crippen molar-refractivity contribution in [3.05, 3.63) is 42.0 Å². The number of nitrogens with zero attached hydrogens (tertiary/aromatic N) is 1. The average molecular weight is 299 g/mol. The molecule has 0 spiro atoms. The Kier molecular flexibility index (Phi) is 3.75. The van der Waals surface area contributed by atoms with E-state index in [4.69, 9.17) is 10.5 Å². The molecule has 0 bridgehead atoms. The number of nitrogen functional groups attached to an aromatic ring is 1. The minimum absolute atomic E-state index is 0.659. The van der Waals surface area contributed by atoms with Gasteiger partial charge in [-0.2, -0.15) is 0 Å². The second-order valence-electron chi connectivity index (χ2n) is 4.77. The Bertz CT molecular complexity index is 782. The summed E-state index contributed by atoms with van der Waals surface area (Å²) >= 11 is 1.59. The van der Waals surface area contributed by atoms with Crippen LogP contribution in [0, 0.1) is 6.92 Å². The van der Waals surface area contributed by atoms with Gasteiger partial charge in [-0.15, -0.1) is 0 Å². The van der Waals surface area contributed by atoms with E-state index in [2.05, 4.69) is 16.0 Å². The molecule has 1 heterocycles. The minimum Gasteiger partial charge on any atom is -0.494 e. The van der Waals surface area contributed by atoms with Crippen molar-refractivity contribution in [2.24, 2.45) is 0 Å². The van der Waals surface area contributed by atoms with Crippen LogP contribution in [0.4, 0.5) is 5.69 Å². The maximum absolute atomic E-state index is 5.84. The van der Waals surface area contributed by atoms with E-state index in [1.807, 2.05) is 44.2 Å². The van der Waals surface area contributed by atoms with Crippen LogP contribution < -0.4 is 10.5 Å². The third-order valence-electron chi connectivity index (χ3n) is 3.20. The van der Waals surface area contributed by atoms with Crippen molar-refractivity contribution in [2.45, 2.75) is 23.9 Å². The molecular weight excluding hydrogens is 282 g/mol. The molecule has 0 aliphatic heterocycles. The molecule has 0 aliphatic carbocycles. The number of rotatable bonds is 4. The summed E-state index contributed by atoms with van der Waals surface area (Å²) in [5.41, 5.74) is 9.65. The number of benzene rings is 2. The number of anilines is 1. The lowest BCUT2D eigenvalue weighted by Gasteiger charge is -2.02. The highest BCUT2D eigenvalue weighted by atomic mass is 32.2. The molecular formula is C16H17N3OS. The van der Waals surface area contributed by atoms with Gasteiger partial charge in [-0.05, 0) is 49.7 Å². The molecule has 2 aromatic carbocycles. The van der Waals surface area contributed by atoms with Crippen LogP contribution in [-0.2, 0) is 0 Å². The van der Waals surface area contributed by atoms with E-state index in [0.717, 1.165) is 38.1 Å². The number of hydrogen-bond donors (Lipinski definition) is 2. The van der Waals surface area contributed by atoms with Crippen LogP contribution in [0.1, 0.15) is 12.5 Å². The van der Waals surface area contributed by atoms with E-state index in [1.165, 1.54) is 0 Å². The van der Waals surface area contributed by atoms with Crippen molar-refractivity contribution >= 4 is 28.5 Å². The molecule has 21 heavy (non-hydrogen) atoms. The number of ether oxygens (including phenoxy) is 1. The van der Waals surface area contributed by atoms with Crippen molar-refractivity contribution in [3.63, 3.8) is 0 Å². The minimum atomic E-state index is 0.659. The van der Waals surface area contributed by atoms with Crippen molar-refractivity contribution in [1.29, 1.82) is 0 Å². The van der Waals surface area contributed by atoms with Gasteiger partial charge < -0.3 is 15.5 Å². The molecule has 0 aliphatic rings. The second kappa shape index (κ2) is 5.69. The molecule has 3 aromatic rings. The van der Waals surface area contributed by atoms with Gasteiger partial charge in [0.25, 0.3) is 0 Å². The number of nitrogens with two attached hydrogens (primary N) is 1. The van der Waals surface area contributed by atoms with Gasteiger partial charge in [-0.25, -0.2) is 4.98 Å². The van der Waals surface area contributed by atoms with Gasteiger partial charge in [0.15, 0.2) is 5.16 Å². The second-order valence-corrected chi connectivity index (χ2v) is 5.84. The van der Waals surface area contributed by atoms with Crippen molar-refractivity contribution < 1.29 is 4.74 Å². The van der Waals surface area contributed by atoms with Crippen LogP contribution in [0.5, 0.6) is 5.75 Å². The Morgan fingerprint density at radius 2 is 2.10 bits per heavy atom. The third kappa shape index (κ3) is 2.97. The Hall–Kier alpha value is -2.14. The Balaban J connectivity index is 1.88. The number of imidazole rings is 1. The summed E-state index contributed by atoms with van der Waals surface area (Å²) in [6.07, 6.45) is 0. The highest BCUT2D eigenvalue weighted by Gasteiger charge is 2.07. The van der Waals surface area contributed by atoms with Crippen molar-refractivity contribution in [1.82, 2.24) is 9.97 Å². The number of aromatic nitrogens is 2. The van der Waals surface area contributed by atoms with Gasteiger partial charge in [-0.3, -0.25) is 0 Å². The van der Waals surface area contributed by atoms with E-state index in [9.17, 15) is 0 Å². The summed E-state index contributed by atoms with van der Waals surface area (Å²) in [7, 11) is 0. The SMILES string of the molecule is CCOc1ccc2nc(Sc3ccc(N)c(C)c3)[nH]c2c1. The normalized spacial score (nSPS) is 11.0. The first-order valence-electron chi connectivity index (χ1n) is 6.82. The highest BCUT2D eigenvalue weighted by Crippen LogP contribution is 2.30. The molecule has 0 fully saturated rings. The molecule has 0 radical (unpaired) electrons. The number of fused-ring (bicyclic) bond motifs is 1. The molecule has 4 nitrogen and oxygen atoms in total. The molecule has 5 heteroatoms. The lowest BCUT2D eigenvalue weighted by molar-refractivity contribution is 0.340. The lowest BCUT2D eigenvalue weighted by Crippen LogP contribution is -1.90. The molecule has 108 valence electrons. The molecule has 0 unspecified atom stereocenters. The van der Waals surface area contributed by atoms with Crippen LogP contribution in [0.15, 0.2) is 46.5 Å². The van der Waals surface area contributed by atoms with Gasteiger partial charge >= 0.3 is 0 Å². The van der Waals surface area contributed by atoms with Gasteiger partial charge in [0.05, 0.1) is 17.6 Å². The van der Waals surface area contributed by atoms with Gasteiger partial charge in [0.1, 0.15) is 5.75 Å². The van der Waals surface area contributed by atoms with Crippen LogP contribution in [0.25, 0.3) is 11.0 Å². The summed E-state index contributed by atoms with van der Waals surface area (Å²) in [6.45, 7) is 4.64. The monoisotopic (exact) mass is 299 g/mol. The maximum atomic E-state index is 5.84. The maximum Gasteiger partial charge on any atom is 0.171 e. The van der Waals surface area contributed by atoms with Crippen LogP contribution in [0.3, 0.4) is 0 Å². The Morgan fingerprint density at radius 1 is 1.24 bits per heavy atom. The standard InChI is InChI=1S/C16H17N3OS/c1-3-20-11-4-7-14-15(9-11)19-16(18-14)21-12-5-6-13(17)10(2)8-12/h4-9H,3,17H2,1-2H3,(H,18,19). The molecule has 0 atom stereocenters. The summed E-state index contributed by atoms with van der Waals surface area (Å²) in [5.74, 6) is 0.855. The fourth-order valence-corrected chi connectivity index (χ4v) is 2.99. The summed E-state index contributed by atoms with van der Waals surface area (Å²) in [6, 6.07) is 11.9. The van der Waals surface area contributed by atoms with Crippen LogP contribution >= 0.6 is 11.8 Å². The number of H-pyrrole nitrogens is 1. The number of aromatic amines is 1. The zero-order valence-electron chi connectivity index (χ0n) is 12.0. The Labute approximate surface area is 127 Å². The number of hydrogen-bond acceptors (Lipinski definition) is 4. The van der Waals surface area contributed by atoms with Gasteiger partial charge in [-0.1, -0.05) is 11.8 Å². The van der Waals surface area contributed by atoms with E-state index in [0.29, 0.717) is 6.61 Å². The van der Waals surface area contributed by atoms with E-state index in [1.54, 1.807) is 11.8 Å². The fraction of sp³-hybridized carbons (Fsp3) is 0.188. The predicted octanol–water partition coefficient (Wildman–Crippen LogP) is 4.00. The molecule has 0 amide bonds. The first-order chi connectivity index (χ1) is 10.2. The van der Waals surface area contributed by atoms with Crippen LogP contribution in [-0.4, -0.2) is 16.6 Å². The molecule has 3 rings (SSSR count). The molecule has 1 aromatic heterocycles. The van der Waals surface area contributed by atoms with E-state index in [-0.39, 0.29) is 0 Å². The smallest absolute Gasteiger partial charge is 0.171 e. The topological polar surface area (TPSA) is 63.9 Å². The molecule has 0 saturated carbocycles. The first-order valence-corrected chi connectivity index (χ1v) is 7.64. The van der Waals surface area contributed by atoms with Crippen molar-refractivity contribution in [2.75, 3.05) is 12.3 Å². The summed E-state index contributed by atoms with van der Waals surface area (Å²) in [5, 5.41) is 0.864. The van der Waals surface area contributed by atoms with Crippen LogP contribution in [0.2, 0.25) is 0 Å². The van der Waals surface area contributed by atoms with Gasteiger partial charge in [0, 0.05) is 16.6 Å². The molecule has 0 saturated heterocycles. The quantitative estimate of drug-likeness (QED) is 0.715.